The van der Waals surface area contributed by atoms with Gasteiger partial charge < -0.3 is 15.0 Å². The van der Waals surface area contributed by atoms with Crippen LogP contribution in [0.5, 0.6) is 0 Å². The second-order valence-electron chi connectivity index (χ2n) is 5.98. The lowest BCUT2D eigenvalue weighted by Crippen LogP contribution is -2.43. The summed E-state index contributed by atoms with van der Waals surface area (Å²) in [6.07, 6.45) is -0.473. The van der Waals surface area contributed by atoms with E-state index in [1.807, 2.05) is 55.6 Å². The third-order valence-electron chi connectivity index (χ3n) is 4.11. The number of carbonyl (C=O) groups is 1. The molecular formula is C20H26N2O2. The molecule has 1 amide bonds. The first kappa shape index (κ1) is 18.0. The smallest absolute Gasteiger partial charge is 0.248 e. The lowest BCUT2D eigenvalue weighted by atomic mass is 10.2. The number of para-hydroxylation sites is 1. The van der Waals surface area contributed by atoms with Crippen molar-refractivity contribution in [1.29, 1.82) is 0 Å². The summed E-state index contributed by atoms with van der Waals surface area (Å²) in [6, 6.07) is 20.2. The SMILES string of the molecule is C[C@H](OCc1ccccc1)C(=O)NC[C@H](C)N(C)c1ccccc1. The van der Waals surface area contributed by atoms with E-state index in [0.717, 1.165) is 11.3 Å². The van der Waals surface area contributed by atoms with Gasteiger partial charge >= 0.3 is 0 Å². The fourth-order valence-electron chi connectivity index (χ4n) is 2.32. The monoisotopic (exact) mass is 326 g/mol. The Labute approximate surface area is 144 Å². The molecule has 2 rings (SSSR count). The van der Waals surface area contributed by atoms with Crippen LogP contribution in [-0.2, 0) is 16.1 Å². The summed E-state index contributed by atoms with van der Waals surface area (Å²) in [5.41, 5.74) is 2.20. The van der Waals surface area contributed by atoms with E-state index < -0.39 is 6.10 Å². The van der Waals surface area contributed by atoms with Crippen LogP contribution in [0.15, 0.2) is 60.7 Å². The van der Waals surface area contributed by atoms with Crippen LogP contribution in [0.4, 0.5) is 5.69 Å². The van der Waals surface area contributed by atoms with Gasteiger partial charge in [-0.15, -0.1) is 0 Å². The number of benzene rings is 2. The van der Waals surface area contributed by atoms with Gasteiger partial charge in [0.2, 0.25) is 5.91 Å². The van der Waals surface area contributed by atoms with Gasteiger partial charge in [0.15, 0.2) is 0 Å². The Morgan fingerprint density at radius 3 is 2.25 bits per heavy atom. The molecule has 2 atom stereocenters. The molecule has 0 fully saturated rings. The van der Waals surface area contributed by atoms with Crippen molar-refractivity contribution in [3.63, 3.8) is 0 Å². The van der Waals surface area contributed by atoms with Gasteiger partial charge in [0.1, 0.15) is 6.10 Å². The molecule has 128 valence electrons. The molecule has 4 nitrogen and oxygen atoms in total. The second-order valence-corrected chi connectivity index (χ2v) is 5.98. The number of hydrogen-bond acceptors (Lipinski definition) is 3. The standard InChI is InChI=1S/C20H26N2O2/c1-16(22(3)19-12-8-5-9-13-19)14-21-20(23)17(2)24-15-18-10-6-4-7-11-18/h4-13,16-17H,14-15H2,1-3H3,(H,21,23)/t16-,17-/m0/s1. The highest BCUT2D eigenvalue weighted by atomic mass is 16.5. The summed E-state index contributed by atoms with van der Waals surface area (Å²) >= 11 is 0. The Morgan fingerprint density at radius 2 is 1.62 bits per heavy atom. The van der Waals surface area contributed by atoms with Gasteiger partial charge in [0, 0.05) is 25.3 Å². The van der Waals surface area contributed by atoms with Gasteiger partial charge in [-0.05, 0) is 31.5 Å². The van der Waals surface area contributed by atoms with E-state index in [0.29, 0.717) is 13.2 Å². The fourth-order valence-corrected chi connectivity index (χ4v) is 2.32. The first-order valence-corrected chi connectivity index (χ1v) is 8.29. The molecule has 0 bridgehead atoms. The van der Waals surface area contributed by atoms with Crippen LogP contribution in [0.1, 0.15) is 19.4 Å². The number of carbonyl (C=O) groups excluding carboxylic acids is 1. The van der Waals surface area contributed by atoms with Crippen molar-refractivity contribution in [1.82, 2.24) is 5.32 Å². The molecule has 24 heavy (non-hydrogen) atoms. The minimum Gasteiger partial charge on any atom is -0.370 e. The van der Waals surface area contributed by atoms with Crippen LogP contribution < -0.4 is 10.2 Å². The van der Waals surface area contributed by atoms with E-state index in [4.69, 9.17) is 4.74 Å². The van der Waals surface area contributed by atoms with E-state index in [1.54, 1.807) is 6.92 Å². The highest BCUT2D eigenvalue weighted by Crippen LogP contribution is 2.13. The number of anilines is 1. The molecule has 1 N–H and O–H groups in total. The Hall–Kier alpha value is -2.33. The van der Waals surface area contributed by atoms with Crippen LogP contribution in [0, 0.1) is 0 Å². The number of rotatable bonds is 8. The zero-order valence-corrected chi connectivity index (χ0v) is 14.6. The number of amides is 1. The van der Waals surface area contributed by atoms with Crippen molar-refractivity contribution in [3.8, 4) is 0 Å². The van der Waals surface area contributed by atoms with Crippen molar-refractivity contribution in [2.75, 3.05) is 18.5 Å². The Kier molecular flexibility index (Phi) is 6.82. The molecule has 0 aliphatic rings. The van der Waals surface area contributed by atoms with E-state index in [2.05, 4.69) is 29.3 Å². The van der Waals surface area contributed by atoms with Gasteiger partial charge in [0.25, 0.3) is 0 Å². The van der Waals surface area contributed by atoms with Crippen LogP contribution in [0.3, 0.4) is 0 Å². The average Bonchev–Trinajstić information content (AvgIpc) is 2.64. The molecule has 0 saturated heterocycles. The number of nitrogens with zero attached hydrogens (tertiary/aromatic N) is 1. The molecule has 0 unspecified atom stereocenters. The third-order valence-corrected chi connectivity index (χ3v) is 4.11. The number of ether oxygens (including phenoxy) is 1. The summed E-state index contributed by atoms with van der Waals surface area (Å²) in [4.78, 5) is 14.3. The third kappa shape index (κ3) is 5.39. The zero-order chi connectivity index (χ0) is 17.4. The molecular weight excluding hydrogens is 300 g/mol. The molecule has 0 aliphatic heterocycles. The predicted octanol–water partition coefficient (Wildman–Crippen LogP) is 3.23. The van der Waals surface area contributed by atoms with Gasteiger partial charge in [-0.2, -0.15) is 0 Å². The van der Waals surface area contributed by atoms with Crippen molar-refractivity contribution >= 4 is 11.6 Å². The van der Waals surface area contributed by atoms with Crippen LogP contribution in [0.2, 0.25) is 0 Å². The van der Waals surface area contributed by atoms with Crippen molar-refractivity contribution in [3.05, 3.63) is 66.2 Å². The molecule has 4 heteroatoms. The van der Waals surface area contributed by atoms with Crippen molar-refractivity contribution in [2.24, 2.45) is 0 Å². The Balaban J connectivity index is 1.75. The molecule has 2 aromatic rings. The van der Waals surface area contributed by atoms with Gasteiger partial charge in [-0.3, -0.25) is 4.79 Å². The first-order chi connectivity index (χ1) is 11.6. The first-order valence-electron chi connectivity index (χ1n) is 8.29. The Bertz CT molecular complexity index is 616. The second kappa shape index (κ2) is 9.08. The summed E-state index contributed by atoms with van der Waals surface area (Å²) < 4.78 is 5.64. The van der Waals surface area contributed by atoms with Gasteiger partial charge in [-0.25, -0.2) is 0 Å². The predicted molar refractivity (Wildman–Crippen MR) is 98.0 cm³/mol. The zero-order valence-electron chi connectivity index (χ0n) is 14.6. The largest absolute Gasteiger partial charge is 0.370 e. The van der Waals surface area contributed by atoms with Crippen molar-refractivity contribution in [2.45, 2.75) is 32.6 Å². The Morgan fingerprint density at radius 1 is 1.04 bits per heavy atom. The fraction of sp³-hybridized carbons (Fsp3) is 0.350. The summed E-state index contributed by atoms with van der Waals surface area (Å²) in [5.74, 6) is -0.0840. The average molecular weight is 326 g/mol. The summed E-state index contributed by atoms with van der Waals surface area (Å²) in [5, 5.41) is 2.96. The van der Waals surface area contributed by atoms with E-state index in [-0.39, 0.29) is 11.9 Å². The summed E-state index contributed by atoms with van der Waals surface area (Å²) in [6.45, 7) is 4.88. The molecule has 0 saturated carbocycles. The highest BCUT2D eigenvalue weighted by Gasteiger charge is 2.16. The van der Waals surface area contributed by atoms with E-state index in [1.165, 1.54) is 0 Å². The number of hydrogen-bond donors (Lipinski definition) is 1. The van der Waals surface area contributed by atoms with Gasteiger partial charge in [0.05, 0.1) is 6.61 Å². The van der Waals surface area contributed by atoms with Crippen molar-refractivity contribution < 1.29 is 9.53 Å². The molecule has 0 aromatic heterocycles. The maximum Gasteiger partial charge on any atom is 0.248 e. The maximum absolute atomic E-state index is 12.2. The van der Waals surface area contributed by atoms with Crippen LogP contribution in [-0.4, -0.2) is 31.6 Å². The minimum atomic E-state index is -0.473. The number of nitrogens with one attached hydrogen (secondary N) is 1. The lowest BCUT2D eigenvalue weighted by molar-refractivity contribution is -0.132. The van der Waals surface area contributed by atoms with Crippen LogP contribution in [0.25, 0.3) is 0 Å². The topological polar surface area (TPSA) is 41.6 Å². The minimum absolute atomic E-state index is 0.0840. The molecule has 0 aliphatic carbocycles. The van der Waals surface area contributed by atoms with E-state index in [9.17, 15) is 4.79 Å². The molecule has 0 heterocycles. The lowest BCUT2D eigenvalue weighted by Gasteiger charge is -2.27. The normalized spacial score (nSPS) is 13.1. The van der Waals surface area contributed by atoms with Crippen LogP contribution >= 0.6 is 0 Å². The number of likely N-dealkylation sites (N-methyl/N-ethyl adjacent to an activating group) is 1. The highest BCUT2D eigenvalue weighted by molar-refractivity contribution is 5.80. The summed E-state index contributed by atoms with van der Waals surface area (Å²) in [7, 11) is 2.03. The molecule has 2 aromatic carbocycles. The maximum atomic E-state index is 12.2. The molecule has 0 spiro atoms. The molecule has 0 radical (unpaired) electrons. The quantitative estimate of drug-likeness (QED) is 0.810. The van der Waals surface area contributed by atoms with Gasteiger partial charge in [-0.1, -0.05) is 48.5 Å². The van der Waals surface area contributed by atoms with E-state index >= 15 is 0 Å².